The number of nitrogens with zero attached hydrogens (tertiary/aromatic N) is 1. The average Bonchev–Trinajstić information content (AvgIpc) is 2.55. The van der Waals surface area contributed by atoms with E-state index >= 15 is 0 Å². The minimum Gasteiger partial charge on any atom is -0.494 e. The first-order valence-corrected chi connectivity index (χ1v) is 5.09. The Morgan fingerprint density at radius 1 is 1.56 bits per heavy atom. The monoisotopic (exact) mass is 219 g/mol. The molecule has 0 saturated carbocycles. The normalized spacial score (nSPS) is 17.9. The van der Waals surface area contributed by atoms with Gasteiger partial charge in [-0.05, 0) is 18.6 Å². The number of carboxylic acid groups (broad SMARTS) is 1. The Bertz CT molecular complexity index is 548. The molecule has 2 rings (SSSR count). The van der Waals surface area contributed by atoms with E-state index in [4.69, 9.17) is 9.84 Å². The fraction of sp³-hybridized carbons (Fsp3) is 0.333. The Morgan fingerprint density at radius 3 is 2.94 bits per heavy atom. The average molecular weight is 219 g/mol. The van der Waals surface area contributed by atoms with Crippen LogP contribution in [0.5, 0.6) is 5.75 Å². The van der Waals surface area contributed by atoms with Crippen LogP contribution in [-0.4, -0.2) is 24.2 Å². The zero-order valence-electron chi connectivity index (χ0n) is 9.23. The smallest absolute Gasteiger partial charge is 0.307 e. The maximum Gasteiger partial charge on any atom is 0.307 e. The Balaban J connectivity index is 2.66. The Kier molecular flexibility index (Phi) is 2.64. The van der Waals surface area contributed by atoms with Crippen molar-refractivity contribution in [3.63, 3.8) is 0 Å². The van der Waals surface area contributed by atoms with Gasteiger partial charge in [0.2, 0.25) is 0 Å². The van der Waals surface area contributed by atoms with E-state index in [2.05, 4.69) is 4.99 Å². The molecule has 0 saturated heterocycles. The molecular weight excluding hydrogens is 206 g/mol. The Labute approximate surface area is 92.9 Å². The predicted molar refractivity (Wildman–Crippen MR) is 58.9 cm³/mol. The van der Waals surface area contributed by atoms with Gasteiger partial charge in [-0.15, -0.1) is 0 Å². The number of rotatable bonds is 3. The highest BCUT2D eigenvalue weighted by Gasteiger charge is 2.19. The number of para-hydroxylation sites is 1. The van der Waals surface area contributed by atoms with Gasteiger partial charge in [0.1, 0.15) is 11.1 Å². The molecule has 16 heavy (non-hydrogen) atoms. The van der Waals surface area contributed by atoms with Crippen LogP contribution in [0.2, 0.25) is 0 Å². The van der Waals surface area contributed by atoms with Crippen LogP contribution in [0.3, 0.4) is 0 Å². The highest BCUT2D eigenvalue weighted by molar-refractivity contribution is 5.79. The maximum atomic E-state index is 10.8. The molecule has 4 nitrogen and oxygen atoms in total. The van der Waals surface area contributed by atoms with Crippen molar-refractivity contribution in [3.8, 4) is 5.75 Å². The molecular formula is C12H13NO3. The number of carboxylic acids is 1. The number of hydrogen-bond donors (Lipinski definition) is 1. The van der Waals surface area contributed by atoms with Crippen LogP contribution in [0.1, 0.15) is 13.3 Å². The van der Waals surface area contributed by atoms with Gasteiger partial charge in [0, 0.05) is 5.22 Å². The molecule has 84 valence electrons. The van der Waals surface area contributed by atoms with Crippen molar-refractivity contribution >= 4 is 11.5 Å². The third kappa shape index (κ3) is 1.66. The predicted octanol–water partition coefficient (Wildman–Crippen LogP) is 0.342. The number of aliphatic carboxylic acids is 1. The first-order valence-electron chi connectivity index (χ1n) is 5.09. The van der Waals surface area contributed by atoms with Crippen LogP contribution >= 0.6 is 0 Å². The lowest BCUT2D eigenvalue weighted by Gasteiger charge is -2.03. The second-order valence-electron chi connectivity index (χ2n) is 3.76. The van der Waals surface area contributed by atoms with Crippen molar-refractivity contribution in [3.05, 3.63) is 28.8 Å². The minimum atomic E-state index is -0.826. The zero-order chi connectivity index (χ0) is 11.7. The van der Waals surface area contributed by atoms with Crippen molar-refractivity contribution in [1.82, 2.24) is 0 Å². The van der Waals surface area contributed by atoms with Crippen LogP contribution < -0.4 is 15.3 Å². The molecule has 0 bridgehead atoms. The summed E-state index contributed by atoms with van der Waals surface area (Å²) in [6, 6.07) is 5.50. The van der Waals surface area contributed by atoms with Gasteiger partial charge in [0.25, 0.3) is 0 Å². The van der Waals surface area contributed by atoms with Crippen LogP contribution in [0.25, 0.3) is 5.57 Å². The molecule has 4 heteroatoms. The van der Waals surface area contributed by atoms with E-state index < -0.39 is 5.97 Å². The highest BCUT2D eigenvalue weighted by Crippen LogP contribution is 2.14. The fourth-order valence-electron chi connectivity index (χ4n) is 1.98. The van der Waals surface area contributed by atoms with Gasteiger partial charge in [0.05, 0.1) is 19.6 Å². The van der Waals surface area contributed by atoms with Gasteiger partial charge in [-0.2, -0.15) is 0 Å². The van der Waals surface area contributed by atoms with Crippen LogP contribution in [0.15, 0.2) is 23.2 Å². The van der Waals surface area contributed by atoms with E-state index in [1.165, 1.54) is 0 Å². The topological polar surface area (TPSA) is 58.9 Å². The van der Waals surface area contributed by atoms with Crippen LogP contribution in [0, 0.1) is 0 Å². The zero-order valence-corrected chi connectivity index (χ0v) is 9.23. The van der Waals surface area contributed by atoms with Crippen molar-refractivity contribution < 1.29 is 14.6 Å². The highest BCUT2D eigenvalue weighted by atomic mass is 16.5. The van der Waals surface area contributed by atoms with Crippen LogP contribution in [0.4, 0.5) is 0 Å². The number of ether oxygens (including phenoxy) is 1. The summed E-state index contributed by atoms with van der Waals surface area (Å²) in [6.45, 7) is 1.90. The SMILES string of the molecule is COc1cccc2c1=N[C@H](C)C=2CC(=O)O. The molecule has 1 aromatic carbocycles. The lowest BCUT2D eigenvalue weighted by Crippen LogP contribution is -2.25. The standard InChI is InChI=1S/C12H13NO3/c1-7-9(6-11(14)15)8-4-3-5-10(16-2)12(8)13-7/h3-5,7H,6H2,1-2H3,(H,14,15)/t7-/m1/s1. The molecule has 1 aromatic rings. The summed E-state index contributed by atoms with van der Waals surface area (Å²) in [5.74, 6) is -0.127. The molecule has 0 radical (unpaired) electrons. The molecule has 1 aliphatic heterocycles. The third-order valence-electron chi connectivity index (χ3n) is 2.73. The molecule has 0 aliphatic carbocycles. The van der Waals surface area contributed by atoms with Crippen molar-refractivity contribution in [2.75, 3.05) is 7.11 Å². The first kappa shape index (κ1) is 10.7. The number of benzene rings is 1. The number of hydrogen-bond acceptors (Lipinski definition) is 3. The molecule has 0 fully saturated rings. The quantitative estimate of drug-likeness (QED) is 0.797. The molecule has 1 N–H and O–H groups in total. The number of methoxy groups -OCH3 is 1. The summed E-state index contributed by atoms with van der Waals surface area (Å²) in [4.78, 5) is 15.2. The van der Waals surface area contributed by atoms with E-state index in [1.807, 2.05) is 25.1 Å². The molecule has 0 aromatic heterocycles. The van der Waals surface area contributed by atoms with E-state index in [1.54, 1.807) is 7.11 Å². The third-order valence-corrected chi connectivity index (χ3v) is 2.73. The molecule has 0 spiro atoms. The van der Waals surface area contributed by atoms with E-state index in [-0.39, 0.29) is 12.5 Å². The summed E-state index contributed by atoms with van der Waals surface area (Å²) in [7, 11) is 1.59. The van der Waals surface area contributed by atoms with Gasteiger partial charge in [0.15, 0.2) is 0 Å². The summed E-state index contributed by atoms with van der Waals surface area (Å²) in [5.41, 5.74) is 0.849. The van der Waals surface area contributed by atoms with E-state index in [0.717, 1.165) is 16.1 Å². The molecule has 0 amide bonds. The van der Waals surface area contributed by atoms with E-state index in [9.17, 15) is 4.79 Å². The largest absolute Gasteiger partial charge is 0.494 e. The fourth-order valence-corrected chi connectivity index (χ4v) is 1.98. The summed E-state index contributed by atoms with van der Waals surface area (Å²) >= 11 is 0. The first-order chi connectivity index (χ1) is 7.63. The van der Waals surface area contributed by atoms with Crippen molar-refractivity contribution in [2.45, 2.75) is 19.4 Å². The van der Waals surface area contributed by atoms with E-state index in [0.29, 0.717) is 5.75 Å². The Morgan fingerprint density at radius 2 is 2.31 bits per heavy atom. The lowest BCUT2D eigenvalue weighted by molar-refractivity contribution is -0.135. The number of carbonyl (C=O) groups is 1. The Hall–Kier alpha value is -1.84. The van der Waals surface area contributed by atoms with Gasteiger partial charge >= 0.3 is 5.97 Å². The van der Waals surface area contributed by atoms with Crippen molar-refractivity contribution in [1.29, 1.82) is 0 Å². The summed E-state index contributed by atoms with van der Waals surface area (Å²) in [6.07, 6.45) is 0.0326. The minimum absolute atomic E-state index is 0.0326. The summed E-state index contributed by atoms with van der Waals surface area (Å²) < 4.78 is 5.20. The summed E-state index contributed by atoms with van der Waals surface area (Å²) in [5, 5.41) is 10.5. The molecule has 1 aliphatic rings. The second-order valence-corrected chi connectivity index (χ2v) is 3.76. The lowest BCUT2D eigenvalue weighted by atomic mass is 10.0. The molecule has 1 heterocycles. The molecule has 0 unspecified atom stereocenters. The number of fused-ring (bicyclic) bond motifs is 1. The van der Waals surface area contributed by atoms with Gasteiger partial charge in [-0.3, -0.25) is 9.79 Å². The van der Waals surface area contributed by atoms with Gasteiger partial charge in [-0.25, -0.2) is 0 Å². The second kappa shape index (κ2) is 3.96. The van der Waals surface area contributed by atoms with Gasteiger partial charge in [-0.1, -0.05) is 12.1 Å². The van der Waals surface area contributed by atoms with Crippen molar-refractivity contribution in [2.24, 2.45) is 4.99 Å². The van der Waals surface area contributed by atoms with Gasteiger partial charge < -0.3 is 9.84 Å². The molecule has 1 atom stereocenters. The van der Waals surface area contributed by atoms with Crippen LogP contribution in [-0.2, 0) is 4.79 Å². The maximum absolute atomic E-state index is 10.8.